The zero-order valence-corrected chi connectivity index (χ0v) is 9.57. The monoisotopic (exact) mass is 239 g/mol. The van der Waals surface area contributed by atoms with Gasteiger partial charge < -0.3 is 16.3 Å². The number of nitrogens with one attached hydrogen (secondary N) is 1. The molecule has 0 bridgehead atoms. The first-order valence-corrected chi connectivity index (χ1v) is 5.00. The number of oxime groups is 1. The Kier molecular flexibility index (Phi) is 4.03. The number of carbonyl (C=O) groups is 1. The number of aryl methyl sites for hydroxylation is 1. The second-order valence-corrected chi connectivity index (χ2v) is 3.72. The van der Waals surface area contributed by atoms with E-state index in [0.29, 0.717) is 0 Å². The molecular weight excluding hydrogens is 225 g/mol. The summed E-state index contributed by atoms with van der Waals surface area (Å²) in [6, 6.07) is 4.44. The van der Waals surface area contributed by atoms with Crippen LogP contribution in [0.15, 0.2) is 23.4 Å². The average molecular weight is 239 g/mol. The van der Waals surface area contributed by atoms with Crippen LogP contribution in [0.2, 0.25) is 0 Å². The molecule has 0 aliphatic carbocycles. The molecule has 0 saturated heterocycles. The lowest BCUT2D eigenvalue weighted by atomic mass is 10.1. The molecule has 4 N–H and O–H groups in total. The Labute approximate surface area is 98.1 Å². The molecule has 1 amide bonds. The highest BCUT2D eigenvalue weighted by molar-refractivity contribution is 6.07. The van der Waals surface area contributed by atoms with Crippen molar-refractivity contribution < 1.29 is 14.4 Å². The molecule has 0 fully saturated rings. The Morgan fingerprint density at radius 3 is 2.76 bits per heavy atom. The lowest BCUT2D eigenvalue weighted by Crippen LogP contribution is -2.32. The number of anilines is 1. The summed E-state index contributed by atoms with van der Waals surface area (Å²) in [7, 11) is 0. The van der Waals surface area contributed by atoms with E-state index in [1.165, 1.54) is 19.1 Å². The second-order valence-electron chi connectivity index (χ2n) is 3.72. The Morgan fingerprint density at radius 2 is 2.24 bits per heavy atom. The van der Waals surface area contributed by atoms with E-state index in [2.05, 4.69) is 10.5 Å². The summed E-state index contributed by atoms with van der Waals surface area (Å²) in [6.07, 6.45) is 0. The molecule has 0 spiro atoms. The van der Waals surface area contributed by atoms with Crippen molar-refractivity contribution in [3.63, 3.8) is 0 Å². The number of amides is 1. The Bertz CT molecular complexity index is 460. The van der Waals surface area contributed by atoms with E-state index in [-0.39, 0.29) is 11.5 Å². The van der Waals surface area contributed by atoms with Gasteiger partial charge in [0.15, 0.2) is 5.84 Å². The quantitative estimate of drug-likeness (QED) is 0.323. The van der Waals surface area contributed by atoms with Gasteiger partial charge in [-0.05, 0) is 31.5 Å². The maximum Gasteiger partial charge on any atom is 0.235 e. The van der Waals surface area contributed by atoms with E-state index in [1.807, 2.05) is 0 Å². The van der Waals surface area contributed by atoms with Gasteiger partial charge in [0.05, 0.1) is 11.6 Å². The lowest BCUT2D eigenvalue weighted by Gasteiger charge is -2.11. The van der Waals surface area contributed by atoms with Gasteiger partial charge in [0.1, 0.15) is 5.82 Å². The molecule has 0 heterocycles. The molecule has 0 aromatic heterocycles. The molecule has 6 heteroatoms. The molecule has 1 atom stereocenters. The Balaban J connectivity index is 2.81. The summed E-state index contributed by atoms with van der Waals surface area (Å²) in [5, 5.41) is 13.5. The van der Waals surface area contributed by atoms with Gasteiger partial charge >= 0.3 is 0 Å². The summed E-state index contributed by atoms with van der Waals surface area (Å²) in [4.78, 5) is 11.6. The number of amidine groups is 1. The molecule has 17 heavy (non-hydrogen) atoms. The maximum atomic E-state index is 13.4. The van der Waals surface area contributed by atoms with Crippen LogP contribution in [0.3, 0.4) is 0 Å². The minimum atomic E-state index is -0.833. The van der Waals surface area contributed by atoms with E-state index in [1.54, 1.807) is 13.0 Å². The summed E-state index contributed by atoms with van der Waals surface area (Å²) < 4.78 is 13.4. The first kappa shape index (κ1) is 13.0. The van der Waals surface area contributed by atoms with Crippen molar-refractivity contribution in [1.82, 2.24) is 0 Å². The normalized spacial score (nSPS) is 13.2. The summed E-state index contributed by atoms with van der Waals surface area (Å²) in [5.41, 5.74) is 6.10. The predicted molar refractivity (Wildman–Crippen MR) is 62.3 cm³/mol. The Hall–Kier alpha value is -2.11. The van der Waals surface area contributed by atoms with Crippen LogP contribution < -0.4 is 11.1 Å². The number of rotatable bonds is 3. The summed E-state index contributed by atoms with van der Waals surface area (Å²) in [6.45, 7) is 3.20. The molecule has 0 saturated carbocycles. The van der Waals surface area contributed by atoms with Gasteiger partial charge in [0.2, 0.25) is 5.91 Å². The molecule has 0 aliphatic heterocycles. The minimum absolute atomic E-state index is 0.0678. The molecule has 0 aliphatic rings. The molecule has 92 valence electrons. The third kappa shape index (κ3) is 3.17. The van der Waals surface area contributed by atoms with Crippen LogP contribution in [0.5, 0.6) is 0 Å². The van der Waals surface area contributed by atoms with Crippen molar-refractivity contribution in [2.24, 2.45) is 16.8 Å². The zero-order chi connectivity index (χ0) is 13.0. The van der Waals surface area contributed by atoms with Crippen molar-refractivity contribution in [3.05, 3.63) is 29.6 Å². The van der Waals surface area contributed by atoms with E-state index >= 15 is 0 Å². The predicted octanol–water partition coefficient (Wildman–Crippen LogP) is 1.46. The third-order valence-electron chi connectivity index (χ3n) is 2.33. The first-order chi connectivity index (χ1) is 7.95. The highest BCUT2D eigenvalue weighted by Crippen LogP contribution is 2.16. The third-order valence-corrected chi connectivity index (χ3v) is 2.33. The van der Waals surface area contributed by atoms with Crippen LogP contribution in [-0.4, -0.2) is 17.0 Å². The van der Waals surface area contributed by atoms with Gasteiger partial charge in [0, 0.05) is 0 Å². The molecule has 1 aromatic rings. The van der Waals surface area contributed by atoms with Crippen LogP contribution in [0.4, 0.5) is 10.1 Å². The number of hydrogen-bond acceptors (Lipinski definition) is 3. The second kappa shape index (κ2) is 5.29. The van der Waals surface area contributed by atoms with Crippen molar-refractivity contribution in [1.29, 1.82) is 0 Å². The number of nitrogens with two attached hydrogens (primary N) is 1. The molecule has 5 nitrogen and oxygen atoms in total. The van der Waals surface area contributed by atoms with Gasteiger partial charge in [-0.25, -0.2) is 4.39 Å². The smallest absolute Gasteiger partial charge is 0.235 e. The lowest BCUT2D eigenvalue weighted by molar-refractivity contribution is -0.117. The van der Waals surface area contributed by atoms with E-state index < -0.39 is 17.6 Å². The summed E-state index contributed by atoms with van der Waals surface area (Å²) in [5.74, 6) is -2.12. The average Bonchev–Trinajstić information content (AvgIpc) is 2.30. The largest absolute Gasteiger partial charge is 0.409 e. The molecular formula is C11H14FN3O2. The standard InChI is InChI=1S/C11H14FN3O2/c1-6-3-4-9(8(12)5-6)14-11(16)7(2)10(13)15-17/h3-5,7,17H,1-2H3,(H2,13,15)(H,14,16). The van der Waals surface area contributed by atoms with Crippen molar-refractivity contribution in [2.75, 3.05) is 5.32 Å². The maximum absolute atomic E-state index is 13.4. The number of carbonyl (C=O) groups excluding carboxylic acids is 1. The fourth-order valence-corrected chi connectivity index (χ4v) is 1.18. The fraction of sp³-hybridized carbons (Fsp3) is 0.273. The van der Waals surface area contributed by atoms with Crippen molar-refractivity contribution in [2.45, 2.75) is 13.8 Å². The number of halogens is 1. The SMILES string of the molecule is Cc1ccc(NC(=O)C(C)C(N)=NO)c(F)c1. The van der Waals surface area contributed by atoms with Crippen LogP contribution in [-0.2, 0) is 4.79 Å². The highest BCUT2D eigenvalue weighted by atomic mass is 19.1. The van der Waals surface area contributed by atoms with Crippen molar-refractivity contribution in [3.8, 4) is 0 Å². The molecule has 1 unspecified atom stereocenters. The van der Waals surface area contributed by atoms with E-state index in [9.17, 15) is 9.18 Å². The number of benzene rings is 1. The van der Waals surface area contributed by atoms with Gasteiger partial charge in [-0.3, -0.25) is 4.79 Å². The number of hydrogen-bond donors (Lipinski definition) is 3. The molecule has 1 rings (SSSR count). The van der Waals surface area contributed by atoms with E-state index in [0.717, 1.165) is 5.56 Å². The van der Waals surface area contributed by atoms with Crippen LogP contribution in [0.1, 0.15) is 12.5 Å². The minimum Gasteiger partial charge on any atom is -0.409 e. The summed E-state index contributed by atoms with van der Waals surface area (Å²) >= 11 is 0. The first-order valence-electron chi connectivity index (χ1n) is 5.00. The van der Waals surface area contributed by atoms with Gasteiger partial charge in [-0.1, -0.05) is 11.2 Å². The highest BCUT2D eigenvalue weighted by Gasteiger charge is 2.18. The molecule has 1 aromatic carbocycles. The van der Waals surface area contributed by atoms with Gasteiger partial charge in [-0.2, -0.15) is 0 Å². The zero-order valence-electron chi connectivity index (χ0n) is 9.57. The van der Waals surface area contributed by atoms with Crippen LogP contribution in [0, 0.1) is 18.7 Å². The Morgan fingerprint density at radius 1 is 1.59 bits per heavy atom. The van der Waals surface area contributed by atoms with Gasteiger partial charge in [0.25, 0.3) is 0 Å². The van der Waals surface area contributed by atoms with Crippen LogP contribution >= 0.6 is 0 Å². The molecule has 0 radical (unpaired) electrons. The van der Waals surface area contributed by atoms with E-state index in [4.69, 9.17) is 10.9 Å². The number of nitrogens with zero attached hydrogens (tertiary/aromatic N) is 1. The topological polar surface area (TPSA) is 87.7 Å². The van der Waals surface area contributed by atoms with Gasteiger partial charge in [-0.15, -0.1) is 0 Å². The van der Waals surface area contributed by atoms with Crippen LogP contribution in [0.25, 0.3) is 0 Å². The fourth-order valence-electron chi connectivity index (χ4n) is 1.18. The van der Waals surface area contributed by atoms with Crippen molar-refractivity contribution >= 4 is 17.4 Å².